The Balaban J connectivity index is 2.51. The molecule has 0 saturated heterocycles. The summed E-state index contributed by atoms with van der Waals surface area (Å²) >= 11 is 0. The van der Waals surface area contributed by atoms with E-state index in [2.05, 4.69) is 52.0 Å². The van der Waals surface area contributed by atoms with Gasteiger partial charge >= 0.3 is 0 Å². The lowest BCUT2D eigenvalue weighted by Crippen LogP contribution is -2.07. The van der Waals surface area contributed by atoms with Crippen molar-refractivity contribution in [3.8, 4) is 5.75 Å². The fourth-order valence-corrected chi connectivity index (χ4v) is 2.83. The molecule has 0 aliphatic heterocycles. The van der Waals surface area contributed by atoms with Crippen LogP contribution in [0.3, 0.4) is 0 Å². The van der Waals surface area contributed by atoms with Crippen molar-refractivity contribution in [1.82, 2.24) is 0 Å². The molecule has 1 atom stereocenters. The van der Waals surface area contributed by atoms with Crippen molar-refractivity contribution >= 4 is 0 Å². The maximum absolute atomic E-state index is 5.72. The standard InChI is InChI=1S/C20H34O/c1-5-7-9-11-18(10-8-6-2)16-19-12-14-20(15-13-19)21-17(3)4/h12-15,17-18H,5-11,16H2,1-4H3. The molecule has 0 amide bonds. The van der Waals surface area contributed by atoms with Gasteiger partial charge in [0.25, 0.3) is 0 Å². The van der Waals surface area contributed by atoms with E-state index in [0.717, 1.165) is 11.7 Å². The Morgan fingerprint density at radius 2 is 1.48 bits per heavy atom. The number of benzene rings is 1. The Bertz CT molecular complexity index is 353. The first-order valence-corrected chi connectivity index (χ1v) is 8.91. The fourth-order valence-electron chi connectivity index (χ4n) is 2.83. The second-order valence-corrected chi connectivity index (χ2v) is 6.52. The molecule has 1 rings (SSSR count). The van der Waals surface area contributed by atoms with Gasteiger partial charge in [-0.1, -0.05) is 70.9 Å². The predicted octanol–water partition coefficient (Wildman–Crippen LogP) is 6.40. The molecular weight excluding hydrogens is 256 g/mol. The molecule has 1 aromatic carbocycles. The van der Waals surface area contributed by atoms with Gasteiger partial charge in [-0.2, -0.15) is 0 Å². The maximum Gasteiger partial charge on any atom is 0.119 e. The summed E-state index contributed by atoms with van der Waals surface area (Å²) < 4.78 is 5.72. The molecule has 0 bridgehead atoms. The van der Waals surface area contributed by atoms with Crippen LogP contribution in [0.2, 0.25) is 0 Å². The largest absolute Gasteiger partial charge is 0.491 e. The lowest BCUT2D eigenvalue weighted by atomic mass is 9.89. The number of hydrogen-bond donors (Lipinski definition) is 0. The smallest absolute Gasteiger partial charge is 0.119 e. The summed E-state index contributed by atoms with van der Waals surface area (Å²) in [6.07, 6.45) is 11.0. The monoisotopic (exact) mass is 290 g/mol. The SMILES string of the molecule is CCCCCC(CCCC)Cc1ccc(OC(C)C)cc1. The third-order valence-corrected chi connectivity index (χ3v) is 4.00. The summed E-state index contributed by atoms with van der Waals surface area (Å²) in [5, 5.41) is 0. The highest BCUT2D eigenvalue weighted by atomic mass is 16.5. The molecule has 1 aromatic rings. The van der Waals surface area contributed by atoms with Crippen molar-refractivity contribution in [2.75, 3.05) is 0 Å². The lowest BCUT2D eigenvalue weighted by molar-refractivity contribution is 0.242. The summed E-state index contributed by atoms with van der Waals surface area (Å²) in [5.74, 6) is 1.85. The second kappa shape index (κ2) is 10.7. The van der Waals surface area contributed by atoms with Gasteiger partial charge in [0.1, 0.15) is 5.75 Å². The molecule has 0 spiro atoms. The third-order valence-electron chi connectivity index (χ3n) is 4.00. The molecule has 1 nitrogen and oxygen atoms in total. The first kappa shape index (κ1) is 18.1. The Hall–Kier alpha value is -0.980. The van der Waals surface area contributed by atoms with Crippen LogP contribution >= 0.6 is 0 Å². The Morgan fingerprint density at radius 3 is 2.05 bits per heavy atom. The van der Waals surface area contributed by atoms with Gasteiger partial charge < -0.3 is 4.74 Å². The minimum Gasteiger partial charge on any atom is -0.491 e. The van der Waals surface area contributed by atoms with E-state index >= 15 is 0 Å². The molecule has 0 aliphatic carbocycles. The van der Waals surface area contributed by atoms with E-state index in [1.807, 2.05) is 0 Å². The van der Waals surface area contributed by atoms with Gasteiger partial charge in [-0.05, 0) is 43.9 Å². The lowest BCUT2D eigenvalue weighted by Gasteiger charge is -2.17. The van der Waals surface area contributed by atoms with Crippen molar-refractivity contribution in [3.63, 3.8) is 0 Å². The molecule has 0 aliphatic rings. The molecule has 0 aromatic heterocycles. The fraction of sp³-hybridized carbons (Fsp3) is 0.700. The number of unbranched alkanes of at least 4 members (excludes halogenated alkanes) is 3. The minimum atomic E-state index is 0.252. The van der Waals surface area contributed by atoms with Crippen molar-refractivity contribution in [1.29, 1.82) is 0 Å². The van der Waals surface area contributed by atoms with Crippen LogP contribution in [-0.4, -0.2) is 6.10 Å². The maximum atomic E-state index is 5.72. The summed E-state index contributed by atoms with van der Waals surface area (Å²) in [6, 6.07) is 8.74. The second-order valence-electron chi connectivity index (χ2n) is 6.52. The predicted molar refractivity (Wildman–Crippen MR) is 93.1 cm³/mol. The van der Waals surface area contributed by atoms with Crippen molar-refractivity contribution in [3.05, 3.63) is 29.8 Å². The van der Waals surface area contributed by atoms with E-state index < -0.39 is 0 Å². The molecule has 120 valence electrons. The number of rotatable bonds is 11. The summed E-state index contributed by atoms with van der Waals surface area (Å²) in [6.45, 7) is 8.72. The Labute approximate surface area is 132 Å². The zero-order valence-corrected chi connectivity index (χ0v) is 14.5. The molecule has 21 heavy (non-hydrogen) atoms. The van der Waals surface area contributed by atoms with Gasteiger partial charge in [0, 0.05) is 0 Å². The molecule has 1 heteroatoms. The Kier molecular flexibility index (Phi) is 9.21. The molecule has 0 radical (unpaired) electrons. The van der Waals surface area contributed by atoms with Crippen LogP contribution < -0.4 is 4.74 Å². The van der Waals surface area contributed by atoms with Gasteiger partial charge in [0.05, 0.1) is 6.10 Å². The summed E-state index contributed by atoms with van der Waals surface area (Å²) in [5.41, 5.74) is 1.46. The van der Waals surface area contributed by atoms with Crippen LogP contribution in [-0.2, 0) is 6.42 Å². The van der Waals surface area contributed by atoms with Gasteiger partial charge in [0.2, 0.25) is 0 Å². The molecule has 0 saturated carbocycles. The van der Waals surface area contributed by atoms with E-state index in [1.54, 1.807) is 0 Å². The van der Waals surface area contributed by atoms with E-state index in [1.165, 1.54) is 56.9 Å². The number of ether oxygens (including phenoxy) is 1. The Morgan fingerprint density at radius 1 is 0.857 bits per heavy atom. The van der Waals surface area contributed by atoms with Crippen LogP contribution in [0.4, 0.5) is 0 Å². The third kappa shape index (κ3) is 8.14. The van der Waals surface area contributed by atoms with E-state index in [9.17, 15) is 0 Å². The van der Waals surface area contributed by atoms with Crippen LogP contribution in [0.25, 0.3) is 0 Å². The van der Waals surface area contributed by atoms with Crippen molar-refractivity contribution < 1.29 is 4.74 Å². The molecule has 0 fully saturated rings. The van der Waals surface area contributed by atoms with Crippen molar-refractivity contribution in [2.45, 2.75) is 85.2 Å². The van der Waals surface area contributed by atoms with Gasteiger partial charge in [-0.15, -0.1) is 0 Å². The number of hydrogen-bond acceptors (Lipinski definition) is 1. The molecule has 1 unspecified atom stereocenters. The topological polar surface area (TPSA) is 9.23 Å². The molecular formula is C20H34O. The van der Waals surface area contributed by atoms with Crippen LogP contribution in [0.15, 0.2) is 24.3 Å². The first-order chi connectivity index (χ1) is 10.2. The minimum absolute atomic E-state index is 0.252. The zero-order chi connectivity index (χ0) is 15.5. The van der Waals surface area contributed by atoms with Crippen LogP contribution in [0.1, 0.15) is 78.2 Å². The van der Waals surface area contributed by atoms with Crippen LogP contribution in [0, 0.1) is 5.92 Å². The average molecular weight is 290 g/mol. The molecule has 0 N–H and O–H groups in total. The quantitative estimate of drug-likeness (QED) is 0.428. The highest BCUT2D eigenvalue weighted by Crippen LogP contribution is 2.23. The molecule has 0 heterocycles. The summed E-state index contributed by atoms with van der Waals surface area (Å²) in [7, 11) is 0. The average Bonchev–Trinajstić information content (AvgIpc) is 2.46. The van der Waals surface area contributed by atoms with Crippen molar-refractivity contribution in [2.24, 2.45) is 5.92 Å². The first-order valence-electron chi connectivity index (χ1n) is 8.91. The van der Waals surface area contributed by atoms with E-state index in [-0.39, 0.29) is 6.10 Å². The zero-order valence-electron chi connectivity index (χ0n) is 14.5. The van der Waals surface area contributed by atoms with Gasteiger partial charge in [0.15, 0.2) is 0 Å². The highest BCUT2D eigenvalue weighted by Gasteiger charge is 2.09. The highest BCUT2D eigenvalue weighted by molar-refractivity contribution is 5.27. The van der Waals surface area contributed by atoms with E-state index in [4.69, 9.17) is 4.74 Å². The normalized spacial score (nSPS) is 12.6. The van der Waals surface area contributed by atoms with Gasteiger partial charge in [-0.25, -0.2) is 0 Å². The summed E-state index contributed by atoms with van der Waals surface area (Å²) in [4.78, 5) is 0. The van der Waals surface area contributed by atoms with Gasteiger partial charge in [-0.3, -0.25) is 0 Å². The van der Waals surface area contributed by atoms with Crippen LogP contribution in [0.5, 0.6) is 5.75 Å². The van der Waals surface area contributed by atoms with E-state index in [0.29, 0.717) is 0 Å².